The highest BCUT2D eigenvalue weighted by atomic mass is 35.5. The number of halogens is 2. The van der Waals surface area contributed by atoms with Crippen LogP contribution in [0.25, 0.3) is 0 Å². The van der Waals surface area contributed by atoms with Gasteiger partial charge in [0, 0.05) is 41.9 Å². The minimum atomic E-state index is -1.35. The summed E-state index contributed by atoms with van der Waals surface area (Å²) in [6.07, 6.45) is 2.38. The number of amides is 3. The largest absolute Gasteiger partial charge is 0.478 e. The molecular weight excluding hydrogens is 519 g/mol. The molecule has 2 atom stereocenters. The van der Waals surface area contributed by atoms with Gasteiger partial charge in [0.25, 0.3) is 5.91 Å². The summed E-state index contributed by atoms with van der Waals surface area (Å²) < 4.78 is 0. The van der Waals surface area contributed by atoms with Crippen molar-refractivity contribution < 1.29 is 19.5 Å². The number of rotatable bonds is 4. The van der Waals surface area contributed by atoms with Crippen LogP contribution in [0.2, 0.25) is 10.0 Å². The van der Waals surface area contributed by atoms with Gasteiger partial charge in [0.05, 0.1) is 29.4 Å². The number of imide groups is 1. The SMILES string of the molecule is CN1C(=O)N(c2cc(Cl)cc(Cl)c2)C(=O)[C@]12CN(c1ncc(C(=O)O)cn1)C[C@H]2c1ccc(C#N)cc1. The first-order valence-corrected chi connectivity index (χ1v) is 11.8. The molecule has 0 saturated carbocycles. The lowest BCUT2D eigenvalue weighted by Crippen LogP contribution is -2.53. The first-order chi connectivity index (χ1) is 17.6. The number of nitrogens with zero attached hydrogens (tertiary/aromatic N) is 6. The summed E-state index contributed by atoms with van der Waals surface area (Å²) in [5, 5.41) is 19.0. The molecule has 0 unspecified atom stereocenters. The third kappa shape index (κ3) is 3.93. The van der Waals surface area contributed by atoms with Gasteiger partial charge in [-0.05, 0) is 35.9 Å². The third-order valence-electron chi connectivity index (χ3n) is 6.78. The van der Waals surface area contributed by atoms with E-state index >= 15 is 0 Å². The van der Waals surface area contributed by atoms with Gasteiger partial charge in [0.1, 0.15) is 5.54 Å². The van der Waals surface area contributed by atoms with Crippen LogP contribution in [0.15, 0.2) is 54.9 Å². The molecule has 10 nitrogen and oxygen atoms in total. The van der Waals surface area contributed by atoms with Crippen LogP contribution >= 0.6 is 23.2 Å². The van der Waals surface area contributed by atoms with Crippen LogP contribution in [0.3, 0.4) is 0 Å². The average molecular weight is 537 g/mol. The normalized spacial score (nSPS) is 21.1. The van der Waals surface area contributed by atoms with E-state index in [4.69, 9.17) is 23.2 Å². The zero-order valence-electron chi connectivity index (χ0n) is 19.3. The minimum Gasteiger partial charge on any atom is -0.478 e. The number of anilines is 2. The van der Waals surface area contributed by atoms with Gasteiger partial charge in [-0.2, -0.15) is 5.26 Å². The number of hydrogen-bond acceptors (Lipinski definition) is 7. The van der Waals surface area contributed by atoms with E-state index in [1.54, 1.807) is 36.2 Å². The zero-order chi connectivity index (χ0) is 26.5. The molecule has 2 aromatic carbocycles. The second kappa shape index (κ2) is 9.03. The highest BCUT2D eigenvalue weighted by Gasteiger charge is 2.64. The van der Waals surface area contributed by atoms with Gasteiger partial charge in [-0.1, -0.05) is 35.3 Å². The molecule has 186 valence electrons. The number of benzene rings is 2. The van der Waals surface area contributed by atoms with Crippen molar-refractivity contribution in [3.63, 3.8) is 0 Å². The maximum absolute atomic E-state index is 14.2. The summed E-state index contributed by atoms with van der Waals surface area (Å²) in [4.78, 5) is 51.5. The summed E-state index contributed by atoms with van der Waals surface area (Å²) in [5.41, 5.74) is 0.0135. The van der Waals surface area contributed by atoms with Crippen LogP contribution in [0.5, 0.6) is 0 Å². The predicted octanol–water partition coefficient (Wildman–Crippen LogP) is 3.79. The van der Waals surface area contributed by atoms with Crippen molar-refractivity contribution in [1.82, 2.24) is 14.9 Å². The highest BCUT2D eigenvalue weighted by molar-refractivity contribution is 6.35. The maximum Gasteiger partial charge on any atom is 0.338 e. The van der Waals surface area contributed by atoms with Crippen molar-refractivity contribution >= 4 is 52.7 Å². The Morgan fingerprint density at radius 2 is 1.73 bits per heavy atom. The van der Waals surface area contributed by atoms with Crippen LogP contribution in [0, 0.1) is 11.3 Å². The molecule has 0 bridgehead atoms. The number of aromatic nitrogens is 2. The quantitative estimate of drug-likeness (QED) is 0.498. The fraction of sp³-hybridized carbons (Fsp3) is 0.200. The maximum atomic E-state index is 14.2. The summed E-state index contributed by atoms with van der Waals surface area (Å²) in [6, 6.07) is 12.8. The van der Waals surface area contributed by atoms with Crippen LogP contribution in [-0.2, 0) is 4.79 Å². The number of likely N-dealkylation sites (N-methyl/N-ethyl adjacent to an activating group) is 1. The first-order valence-electron chi connectivity index (χ1n) is 11.0. The number of aromatic carboxylic acids is 1. The molecule has 1 spiro atoms. The van der Waals surface area contributed by atoms with Gasteiger partial charge >= 0.3 is 12.0 Å². The number of carboxylic acid groups (broad SMARTS) is 1. The van der Waals surface area contributed by atoms with E-state index in [0.29, 0.717) is 5.56 Å². The number of carbonyl (C=O) groups excluding carboxylic acids is 2. The van der Waals surface area contributed by atoms with Gasteiger partial charge in [0.2, 0.25) is 5.95 Å². The molecule has 1 aromatic heterocycles. The Hall–Kier alpha value is -4.20. The highest BCUT2D eigenvalue weighted by Crippen LogP contribution is 2.47. The number of hydrogen-bond donors (Lipinski definition) is 1. The molecule has 0 aliphatic carbocycles. The molecule has 2 saturated heterocycles. The molecule has 5 rings (SSSR count). The second-order valence-corrected chi connectivity index (χ2v) is 9.65. The van der Waals surface area contributed by atoms with Gasteiger partial charge in [0.15, 0.2) is 0 Å². The zero-order valence-corrected chi connectivity index (χ0v) is 20.8. The number of carboxylic acids is 1. The molecule has 1 N–H and O–H groups in total. The van der Waals surface area contributed by atoms with Crippen molar-refractivity contribution in [2.45, 2.75) is 11.5 Å². The standard InChI is InChI=1S/C25H18Cl2N6O4/c1-31-24(37)33(19-7-17(26)6-18(27)8-19)22(36)25(31)13-32(23-29-10-16(11-30-23)21(34)35)12-20(25)15-4-2-14(9-28)3-5-15/h2-8,10-11,20H,12-13H2,1H3,(H,34,35)/t20-,25+/m0/s1. The summed E-state index contributed by atoms with van der Waals surface area (Å²) in [6.45, 7) is 0.307. The summed E-state index contributed by atoms with van der Waals surface area (Å²) in [7, 11) is 1.56. The minimum absolute atomic E-state index is 0.0515. The van der Waals surface area contributed by atoms with Crippen molar-refractivity contribution in [1.29, 1.82) is 5.26 Å². The fourth-order valence-electron chi connectivity index (χ4n) is 4.95. The van der Waals surface area contributed by atoms with Crippen molar-refractivity contribution in [2.24, 2.45) is 0 Å². The molecule has 3 amide bonds. The second-order valence-electron chi connectivity index (χ2n) is 8.78. The molecule has 12 heteroatoms. The van der Waals surface area contributed by atoms with Crippen LogP contribution in [0.1, 0.15) is 27.4 Å². The summed E-state index contributed by atoms with van der Waals surface area (Å²) >= 11 is 12.3. The first kappa shape index (κ1) is 24.5. The van der Waals surface area contributed by atoms with E-state index < -0.39 is 29.4 Å². The molecule has 2 aliphatic rings. The topological polar surface area (TPSA) is 131 Å². The van der Waals surface area contributed by atoms with Crippen LogP contribution in [-0.4, -0.2) is 63.6 Å². The van der Waals surface area contributed by atoms with E-state index in [9.17, 15) is 24.8 Å². The smallest absolute Gasteiger partial charge is 0.338 e. The van der Waals surface area contributed by atoms with Crippen molar-refractivity contribution in [3.05, 3.63) is 81.6 Å². The molecule has 0 radical (unpaired) electrons. The Kier molecular flexibility index (Phi) is 5.98. The Morgan fingerprint density at radius 1 is 1.11 bits per heavy atom. The monoisotopic (exact) mass is 536 g/mol. The molecule has 3 aromatic rings. The van der Waals surface area contributed by atoms with E-state index in [0.717, 1.165) is 10.5 Å². The number of carbonyl (C=O) groups is 3. The van der Waals surface area contributed by atoms with E-state index in [1.165, 1.54) is 35.5 Å². The van der Waals surface area contributed by atoms with Crippen LogP contribution in [0.4, 0.5) is 16.4 Å². The number of nitriles is 1. The van der Waals surface area contributed by atoms with Gasteiger partial charge in [-0.25, -0.2) is 24.5 Å². The molecule has 2 aliphatic heterocycles. The van der Waals surface area contributed by atoms with E-state index in [-0.39, 0.29) is 40.3 Å². The Morgan fingerprint density at radius 3 is 2.30 bits per heavy atom. The third-order valence-corrected chi connectivity index (χ3v) is 7.21. The van der Waals surface area contributed by atoms with Gasteiger partial charge in [-0.3, -0.25) is 4.79 Å². The Labute approximate surface area is 221 Å². The van der Waals surface area contributed by atoms with Gasteiger partial charge in [-0.15, -0.1) is 0 Å². The Balaban J connectivity index is 1.61. The van der Waals surface area contributed by atoms with E-state index in [1.807, 2.05) is 0 Å². The molecular formula is C25H18Cl2N6O4. The van der Waals surface area contributed by atoms with E-state index in [2.05, 4.69) is 16.0 Å². The lowest BCUT2D eigenvalue weighted by Gasteiger charge is -2.33. The Bertz CT molecular complexity index is 1450. The molecule has 2 fully saturated rings. The van der Waals surface area contributed by atoms with Crippen molar-refractivity contribution in [2.75, 3.05) is 29.9 Å². The summed E-state index contributed by atoms with van der Waals surface area (Å²) in [5.74, 6) is -1.94. The van der Waals surface area contributed by atoms with Crippen molar-refractivity contribution in [3.8, 4) is 6.07 Å². The number of urea groups is 1. The van der Waals surface area contributed by atoms with Gasteiger partial charge < -0.3 is 14.9 Å². The molecule has 3 heterocycles. The predicted molar refractivity (Wildman–Crippen MR) is 135 cm³/mol. The molecule has 37 heavy (non-hydrogen) atoms. The lowest BCUT2D eigenvalue weighted by atomic mass is 9.80. The average Bonchev–Trinajstić information content (AvgIpc) is 3.37. The fourth-order valence-corrected chi connectivity index (χ4v) is 5.47. The van der Waals surface area contributed by atoms with Crippen LogP contribution < -0.4 is 9.80 Å². The lowest BCUT2D eigenvalue weighted by molar-refractivity contribution is -0.124.